The van der Waals surface area contributed by atoms with Gasteiger partial charge in [0.2, 0.25) is 15.9 Å². The Morgan fingerprint density at radius 2 is 1.74 bits per heavy atom. The zero-order valence-electron chi connectivity index (χ0n) is 15.9. The highest BCUT2D eigenvalue weighted by molar-refractivity contribution is 7.89. The number of hydrogen-bond donors (Lipinski definition) is 1. The predicted octanol–water partition coefficient (Wildman–Crippen LogP) is 2.53. The molecular formula is C19H24N2O5S. The molecule has 0 bridgehead atoms. The van der Waals surface area contributed by atoms with Crippen molar-refractivity contribution in [2.45, 2.75) is 18.2 Å². The summed E-state index contributed by atoms with van der Waals surface area (Å²) in [5.74, 6) is 0.119. The van der Waals surface area contributed by atoms with Gasteiger partial charge in [-0.2, -0.15) is 4.31 Å². The van der Waals surface area contributed by atoms with Crippen LogP contribution >= 0.6 is 0 Å². The number of benzene rings is 2. The van der Waals surface area contributed by atoms with Crippen molar-refractivity contribution in [1.29, 1.82) is 0 Å². The van der Waals surface area contributed by atoms with Crippen LogP contribution in [0.2, 0.25) is 0 Å². The Bertz CT molecular complexity index is 895. The summed E-state index contributed by atoms with van der Waals surface area (Å²) in [6, 6.07) is 11.9. The second-order valence-electron chi connectivity index (χ2n) is 5.88. The van der Waals surface area contributed by atoms with Crippen molar-refractivity contribution >= 4 is 21.6 Å². The summed E-state index contributed by atoms with van der Waals surface area (Å²) >= 11 is 0. The lowest BCUT2D eigenvalue weighted by atomic mass is 10.1. The van der Waals surface area contributed by atoms with E-state index in [1.54, 1.807) is 18.2 Å². The molecule has 0 spiro atoms. The minimum Gasteiger partial charge on any atom is -0.497 e. The van der Waals surface area contributed by atoms with Gasteiger partial charge >= 0.3 is 0 Å². The summed E-state index contributed by atoms with van der Waals surface area (Å²) in [5, 5.41) is 2.70. The molecule has 0 aliphatic carbocycles. The maximum Gasteiger partial charge on any atom is 0.247 e. The molecule has 0 saturated carbocycles. The SMILES string of the molecule is CCc1ccc(NC(=O)CN(C)S(=O)(=O)c2cc(OC)ccc2OC)cc1. The number of sulfonamides is 1. The first-order valence-electron chi connectivity index (χ1n) is 8.39. The van der Waals surface area contributed by atoms with Crippen LogP contribution in [-0.2, 0) is 21.2 Å². The first-order chi connectivity index (χ1) is 12.8. The molecule has 1 N–H and O–H groups in total. The topological polar surface area (TPSA) is 84.9 Å². The van der Waals surface area contributed by atoms with Gasteiger partial charge in [0.05, 0.1) is 20.8 Å². The maximum atomic E-state index is 12.9. The van der Waals surface area contributed by atoms with E-state index in [2.05, 4.69) is 5.32 Å². The number of aryl methyl sites for hydroxylation is 1. The Labute approximate surface area is 160 Å². The van der Waals surface area contributed by atoms with Crippen molar-refractivity contribution in [2.24, 2.45) is 0 Å². The summed E-state index contributed by atoms with van der Waals surface area (Å²) < 4.78 is 36.9. The summed E-state index contributed by atoms with van der Waals surface area (Å²) in [6.07, 6.45) is 0.900. The Hall–Kier alpha value is -2.58. The van der Waals surface area contributed by atoms with Crippen LogP contribution in [0.15, 0.2) is 47.4 Å². The van der Waals surface area contributed by atoms with Crippen LogP contribution in [0.5, 0.6) is 11.5 Å². The van der Waals surface area contributed by atoms with E-state index in [1.807, 2.05) is 19.1 Å². The molecule has 0 heterocycles. The minimum absolute atomic E-state index is 0.0630. The lowest BCUT2D eigenvalue weighted by Crippen LogP contribution is -2.35. The zero-order valence-corrected chi connectivity index (χ0v) is 16.7. The standard InChI is InChI=1S/C19H24N2O5S/c1-5-14-6-8-15(9-7-14)20-19(22)13-21(2)27(23,24)18-12-16(25-3)10-11-17(18)26-4/h6-12H,5,13H2,1-4H3,(H,20,22). The first kappa shape index (κ1) is 20.7. The van der Waals surface area contributed by atoms with E-state index in [9.17, 15) is 13.2 Å². The average molecular weight is 392 g/mol. The number of ether oxygens (including phenoxy) is 2. The Balaban J connectivity index is 2.15. The lowest BCUT2D eigenvalue weighted by molar-refractivity contribution is -0.116. The van der Waals surface area contributed by atoms with Crippen LogP contribution in [0.4, 0.5) is 5.69 Å². The third-order valence-corrected chi connectivity index (χ3v) is 5.90. The van der Waals surface area contributed by atoms with Crippen LogP contribution in [0.3, 0.4) is 0 Å². The van der Waals surface area contributed by atoms with Crippen LogP contribution in [0.25, 0.3) is 0 Å². The molecule has 146 valence electrons. The van der Waals surface area contributed by atoms with E-state index in [1.165, 1.54) is 33.4 Å². The Morgan fingerprint density at radius 1 is 1.07 bits per heavy atom. The van der Waals surface area contributed by atoms with Gasteiger partial charge in [0.25, 0.3) is 0 Å². The van der Waals surface area contributed by atoms with Crippen molar-refractivity contribution < 1.29 is 22.7 Å². The first-order valence-corrected chi connectivity index (χ1v) is 9.83. The van der Waals surface area contributed by atoms with E-state index in [4.69, 9.17) is 9.47 Å². The molecule has 0 aliphatic heterocycles. The third kappa shape index (κ3) is 4.99. The number of rotatable bonds is 8. The van der Waals surface area contributed by atoms with Crippen molar-refractivity contribution in [3.05, 3.63) is 48.0 Å². The van der Waals surface area contributed by atoms with Gasteiger partial charge in [0.1, 0.15) is 16.4 Å². The Kier molecular flexibility index (Phi) is 6.81. The fourth-order valence-electron chi connectivity index (χ4n) is 2.46. The number of nitrogens with one attached hydrogen (secondary N) is 1. The molecule has 8 heteroatoms. The molecule has 1 amide bonds. The molecule has 0 unspecified atom stereocenters. The molecule has 27 heavy (non-hydrogen) atoms. The normalized spacial score (nSPS) is 11.3. The summed E-state index contributed by atoms with van der Waals surface area (Å²) in [6.45, 7) is 1.71. The summed E-state index contributed by atoms with van der Waals surface area (Å²) in [5.41, 5.74) is 1.76. The number of anilines is 1. The molecular weight excluding hydrogens is 368 g/mol. The maximum absolute atomic E-state index is 12.9. The average Bonchev–Trinajstić information content (AvgIpc) is 2.67. The Morgan fingerprint density at radius 3 is 2.30 bits per heavy atom. The van der Waals surface area contributed by atoms with Gasteiger partial charge in [-0.3, -0.25) is 4.79 Å². The van der Waals surface area contributed by atoms with E-state index >= 15 is 0 Å². The number of nitrogens with zero attached hydrogens (tertiary/aromatic N) is 1. The van der Waals surface area contributed by atoms with E-state index < -0.39 is 15.9 Å². The highest BCUT2D eigenvalue weighted by atomic mass is 32.2. The van der Waals surface area contributed by atoms with Crippen molar-refractivity contribution in [2.75, 3.05) is 33.1 Å². The van der Waals surface area contributed by atoms with Crippen LogP contribution in [0, 0.1) is 0 Å². The van der Waals surface area contributed by atoms with Gasteiger partial charge in [0.15, 0.2) is 0 Å². The number of methoxy groups -OCH3 is 2. The number of likely N-dealkylation sites (N-methyl/N-ethyl adjacent to an activating group) is 1. The highest BCUT2D eigenvalue weighted by Crippen LogP contribution is 2.30. The molecule has 2 aromatic rings. The zero-order chi connectivity index (χ0) is 20.0. The number of hydrogen-bond acceptors (Lipinski definition) is 5. The number of carbonyl (C=O) groups excluding carboxylic acids is 1. The molecule has 0 fully saturated rings. The number of carbonyl (C=O) groups is 1. The summed E-state index contributed by atoms with van der Waals surface area (Å²) in [7, 11) is 0.223. The van der Waals surface area contributed by atoms with Gasteiger partial charge in [-0.15, -0.1) is 0 Å². The molecule has 0 radical (unpaired) electrons. The third-order valence-electron chi connectivity index (χ3n) is 4.07. The molecule has 0 atom stereocenters. The largest absolute Gasteiger partial charge is 0.497 e. The van der Waals surface area contributed by atoms with E-state index in [0.717, 1.165) is 16.3 Å². The molecule has 0 saturated heterocycles. The van der Waals surface area contributed by atoms with Crippen LogP contribution in [-0.4, -0.2) is 46.4 Å². The highest BCUT2D eigenvalue weighted by Gasteiger charge is 2.27. The molecule has 0 aromatic heterocycles. The lowest BCUT2D eigenvalue weighted by Gasteiger charge is -2.19. The quantitative estimate of drug-likeness (QED) is 0.746. The van der Waals surface area contributed by atoms with Crippen LogP contribution < -0.4 is 14.8 Å². The van der Waals surface area contributed by atoms with Gasteiger partial charge in [-0.1, -0.05) is 19.1 Å². The van der Waals surface area contributed by atoms with E-state index in [-0.39, 0.29) is 17.2 Å². The molecule has 2 rings (SSSR count). The van der Waals surface area contributed by atoms with Gasteiger partial charge in [-0.05, 0) is 36.2 Å². The fourth-order valence-corrected chi connectivity index (χ4v) is 3.76. The molecule has 2 aromatic carbocycles. The molecule has 0 aliphatic rings. The van der Waals surface area contributed by atoms with Gasteiger partial charge < -0.3 is 14.8 Å². The van der Waals surface area contributed by atoms with Gasteiger partial charge in [0, 0.05) is 18.8 Å². The monoisotopic (exact) mass is 392 g/mol. The minimum atomic E-state index is -3.94. The van der Waals surface area contributed by atoms with Crippen molar-refractivity contribution in [3.8, 4) is 11.5 Å². The van der Waals surface area contributed by atoms with Gasteiger partial charge in [-0.25, -0.2) is 8.42 Å². The summed E-state index contributed by atoms with van der Waals surface area (Å²) in [4.78, 5) is 12.2. The molecule has 7 nitrogen and oxygen atoms in total. The second-order valence-corrected chi connectivity index (χ2v) is 7.89. The number of amides is 1. The predicted molar refractivity (Wildman–Crippen MR) is 104 cm³/mol. The van der Waals surface area contributed by atoms with Crippen LogP contribution in [0.1, 0.15) is 12.5 Å². The fraction of sp³-hybridized carbons (Fsp3) is 0.316. The second kappa shape index (κ2) is 8.88. The van der Waals surface area contributed by atoms with Crippen molar-refractivity contribution in [3.63, 3.8) is 0 Å². The van der Waals surface area contributed by atoms with Crippen molar-refractivity contribution in [1.82, 2.24) is 4.31 Å². The smallest absolute Gasteiger partial charge is 0.247 e. The van der Waals surface area contributed by atoms with E-state index in [0.29, 0.717) is 11.4 Å².